The first kappa shape index (κ1) is 22.7. The molecule has 34 heavy (non-hydrogen) atoms. The summed E-state index contributed by atoms with van der Waals surface area (Å²) in [5, 5.41) is 5.69. The first-order chi connectivity index (χ1) is 16.5. The largest absolute Gasteiger partial charge is 0.493 e. The maximum atomic E-state index is 6.17. The van der Waals surface area contributed by atoms with Gasteiger partial charge in [0.25, 0.3) is 0 Å². The zero-order valence-electron chi connectivity index (χ0n) is 20.2. The van der Waals surface area contributed by atoms with E-state index in [2.05, 4.69) is 24.4 Å². The summed E-state index contributed by atoms with van der Waals surface area (Å²) in [5.41, 5.74) is 8.60. The molecule has 176 valence electrons. The third-order valence-corrected chi connectivity index (χ3v) is 7.16. The zero-order valence-corrected chi connectivity index (χ0v) is 20.9. The van der Waals surface area contributed by atoms with E-state index in [9.17, 15) is 0 Å². The van der Waals surface area contributed by atoms with Gasteiger partial charge in [0.15, 0.2) is 17.1 Å². The van der Waals surface area contributed by atoms with Crippen molar-refractivity contribution >= 4 is 17.2 Å². The smallest absolute Gasteiger partial charge is 0.164 e. The van der Waals surface area contributed by atoms with E-state index in [1.807, 2.05) is 36.4 Å². The number of rotatable bonds is 6. The molecule has 0 radical (unpaired) electrons. The summed E-state index contributed by atoms with van der Waals surface area (Å²) in [4.78, 5) is 5.27. The van der Waals surface area contributed by atoms with E-state index >= 15 is 0 Å². The van der Waals surface area contributed by atoms with E-state index in [0.717, 1.165) is 51.6 Å². The molecule has 1 aliphatic carbocycles. The monoisotopic (exact) mass is 475 g/mol. The zero-order chi connectivity index (χ0) is 23.8. The lowest BCUT2D eigenvalue weighted by Gasteiger charge is -2.27. The van der Waals surface area contributed by atoms with Gasteiger partial charge in [-0.25, -0.2) is 9.50 Å². The van der Waals surface area contributed by atoms with Crippen molar-refractivity contribution in [3.05, 3.63) is 64.4 Å². The van der Waals surface area contributed by atoms with Crippen LogP contribution in [0.1, 0.15) is 43.1 Å². The lowest BCUT2D eigenvalue weighted by Crippen LogP contribution is -2.20. The second-order valence-electron chi connectivity index (χ2n) is 9.06. The van der Waals surface area contributed by atoms with Gasteiger partial charge in [0, 0.05) is 27.4 Å². The molecule has 2 aromatic carbocycles. The molecule has 0 fully saturated rings. The molecule has 0 bridgehead atoms. The summed E-state index contributed by atoms with van der Waals surface area (Å²) in [7, 11) is 3.33. The van der Waals surface area contributed by atoms with Crippen molar-refractivity contribution in [1.82, 2.24) is 14.6 Å². The van der Waals surface area contributed by atoms with E-state index in [-0.39, 0.29) is 0 Å². The highest BCUT2D eigenvalue weighted by Gasteiger charge is 2.28. The Hall–Kier alpha value is -3.05. The summed E-state index contributed by atoms with van der Waals surface area (Å²) in [5.74, 6) is 2.09. The second kappa shape index (κ2) is 9.30. The van der Waals surface area contributed by atoms with Gasteiger partial charge in [0.2, 0.25) is 0 Å². The molecule has 6 heteroatoms. The fraction of sp³-hybridized carbons (Fsp3) is 0.357. The minimum Gasteiger partial charge on any atom is -0.493 e. The van der Waals surface area contributed by atoms with E-state index in [1.165, 1.54) is 30.5 Å². The van der Waals surface area contributed by atoms with Crippen LogP contribution in [-0.2, 0) is 12.8 Å². The molecule has 0 saturated heterocycles. The minimum atomic E-state index is 0.669. The molecule has 0 spiro atoms. The molecule has 1 aliphatic rings. The van der Waals surface area contributed by atoms with Crippen molar-refractivity contribution in [3.8, 4) is 33.9 Å². The second-order valence-corrected chi connectivity index (χ2v) is 9.49. The standard InChI is InChI=1S/C28H30ClN3O2/c1-5-6-18-7-13-23-22(15-18)27(20-10-14-24(33-3)25(16-20)34-4)30-28-26(17(2)31-32(23)28)19-8-11-21(29)12-9-19/h8-12,14,16,18H,5-7,13,15H2,1-4H3/t18-/m0/s1. The number of ether oxygens (including phenoxy) is 2. The quantitative estimate of drug-likeness (QED) is 0.303. The summed E-state index contributed by atoms with van der Waals surface area (Å²) >= 11 is 6.17. The molecule has 5 rings (SSSR count). The fourth-order valence-electron chi connectivity index (χ4n) is 5.28. The number of halogens is 1. The van der Waals surface area contributed by atoms with Crippen LogP contribution < -0.4 is 9.47 Å². The predicted molar refractivity (Wildman–Crippen MR) is 137 cm³/mol. The van der Waals surface area contributed by atoms with Crippen molar-refractivity contribution in [2.75, 3.05) is 14.2 Å². The molecular weight excluding hydrogens is 446 g/mol. The first-order valence-corrected chi connectivity index (χ1v) is 12.3. The van der Waals surface area contributed by atoms with Crippen LogP contribution in [0.3, 0.4) is 0 Å². The first-order valence-electron chi connectivity index (χ1n) is 11.9. The van der Waals surface area contributed by atoms with Crippen LogP contribution in [0.25, 0.3) is 28.0 Å². The van der Waals surface area contributed by atoms with Crippen LogP contribution in [0, 0.1) is 12.8 Å². The number of aryl methyl sites for hydroxylation is 2. The Morgan fingerprint density at radius 3 is 2.47 bits per heavy atom. The van der Waals surface area contributed by atoms with Crippen LogP contribution >= 0.6 is 11.6 Å². The predicted octanol–water partition coefficient (Wildman–Crippen LogP) is 6.95. The molecule has 2 heterocycles. The number of hydrogen-bond acceptors (Lipinski definition) is 4. The van der Waals surface area contributed by atoms with Gasteiger partial charge in [0.1, 0.15) is 0 Å². The van der Waals surface area contributed by atoms with Crippen LogP contribution in [0.4, 0.5) is 0 Å². The SMILES string of the molecule is CCC[C@H]1CCc2c(c(-c3ccc(OC)c(OC)c3)nc3c(-c4ccc(Cl)cc4)c(C)nn23)C1. The summed E-state index contributed by atoms with van der Waals surface area (Å²) < 4.78 is 13.2. The van der Waals surface area contributed by atoms with Gasteiger partial charge in [-0.05, 0) is 68.0 Å². The summed E-state index contributed by atoms with van der Waals surface area (Å²) in [6.07, 6.45) is 5.63. The van der Waals surface area contributed by atoms with Gasteiger partial charge in [-0.2, -0.15) is 5.10 Å². The van der Waals surface area contributed by atoms with Crippen LogP contribution in [-0.4, -0.2) is 28.8 Å². The van der Waals surface area contributed by atoms with Crippen LogP contribution in [0.5, 0.6) is 11.5 Å². The van der Waals surface area contributed by atoms with Gasteiger partial charge in [-0.15, -0.1) is 0 Å². The van der Waals surface area contributed by atoms with Gasteiger partial charge in [0.05, 0.1) is 25.6 Å². The molecule has 2 aromatic heterocycles. The van der Waals surface area contributed by atoms with E-state index in [1.54, 1.807) is 14.2 Å². The van der Waals surface area contributed by atoms with Crippen molar-refractivity contribution in [2.45, 2.75) is 46.0 Å². The van der Waals surface area contributed by atoms with Gasteiger partial charge in [-0.3, -0.25) is 0 Å². The molecule has 5 nitrogen and oxygen atoms in total. The number of benzene rings is 2. The molecule has 0 saturated carbocycles. The topological polar surface area (TPSA) is 48.7 Å². The lowest BCUT2D eigenvalue weighted by molar-refractivity contribution is 0.355. The number of fused-ring (bicyclic) bond motifs is 3. The van der Waals surface area contributed by atoms with E-state index in [4.69, 9.17) is 31.2 Å². The van der Waals surface area contributed by atoms with Crippen molar-refractivity contribution in [1.29, 1.82) is 0 Å². The number of hydrogen-bond donors (Lipinski definition) is 0. The Kier molecular flexibility index (Phi) is 6.22. The van der Waals surface area contributed by atoms with Crippen molar-refractivity contribution in [2.24, 2.45) is 5.92 Å². The highest BCUT2D eigenvalue weighted by atomic mass is 35.5. The van der Waals surface area contributed by atoms with Crippen LogP contribution in [0.2, 0.25) is 5.02 Å². The molecule has 4 aromatic rings. The average Bonchev–Trinajstić information content (AvgIpc) is 3.19. The van der Waals surface area contributed by atoms with Gasteiger partial charge in [-0.1, -0.05) is 43.5 Å². The highest BCUT2D eigenvalue weighted by Crippen LogP contribution is 2.40. The Morgan fingerprint density at radius 2 is 1.76 bits per heavy atom. The normalized spacial score (nSPS) is 15.4. The molecule has 0 amide bonds. The van der Waals surface area contributed by atoms with Crippen LogP contribution in [0.15, 0.2) is 42.5 Å². The summed E-state index contributed by atoms with van der Waals surface area (Å²) in [6.45, 7) is 4.32. The van der Waals surface area contributed by atoms with Crippen molar-refractivity contribution in [3.63, 3.8) is 0 Å². The number of aromatic nitrogens is 3. The molecular formula is C28H30ClN3O2. The highest BCUT2D eigenvalue weighted by molar-refractivity contribution is 6.30. The number of methoxy groups -OCH3 is 2. The maximum Gasteiger partial charge on any atom is 0.164 e. The maximum absolute atomic E-state index is 6.17. The Balaban J connectivity index is 1.77. The summed E-state index contributed by atoms with van der Waals surface area (Å²) in [6, 6.07) is 14.0. The third kappa shape index (κ3) is 3.92. The van der Waals surface area contributed by atoms with E-state index < -0.39 is 0 Å². The molecule has 0 N–H and O–H groups in total. The fourth-order valence-corrected chi connectivity index (χ4v) is 5.40. The van der Waals surface area contributed by atoms with Gasteiger partial charge >= 0.3 is 0 Å². The Labute approximate surface area is 205 Å². The van der Waals surface area contributed by atoms with Gasteiger partial charge < -0.3 is 9.47 Å². The Bertz CT molecular complexity index is 1340. The minimum absolute atomic E-state index is 0.669. The van der Waals surface area contributed by atoms with E-state index in [0.29, 0.717) is 17.4 Å². The van der Waals surface area contributed by atoms with Crippen molar-refractivity contribution < 1.29 is 9.47 Å². The molecule has 0 aliphatic heterocycles. The number of nitrogens with zero attached hydrogens (tertiary/aromatic N) is 3. The lowest BCUT2D eigenvalue weighted by atomic mass is 9.82. The molecule has 1 atom stereocenters. The third-order valence-electron chi connectivity index (χ3n) is 6.91. The average molecular weight is 476 g/mol. The molecule has 0 unspecified atom stereocenters. The Morgan fingerprint density at radius 1 is 1.03 bits per heavy atom.